The number of rotatable bonds is 3. The van der Waals surface area contributed by atoms with Crippen LogP contribution in [0, 0.1) is 0 Å². The molecule has 0 fully saturated rings. The Morgan fingerprint density at radius 2 is 1.94 bits per heavy atom. The number of carbonyl (C=O) groups is 1. The van der Waals surface area contributed by atoms with E-state index in [1.54, 1.807) is 12.1 Å². The zero-order chi connectivity index (χ0) is 12.1. The molecule has 4 heteroatoms. The van der Waals surface area contributed by atoms with E-state index in [2.05, 4.69) is 17.6 Å². The van der Waals surface area contributed by atoms with Crippen LogP contribution in [0.4, 0.5) is 16.4 Å². The lowest BCUT2D eigenvalue weighted by molar-refractivity contribution is 0.261. The van der Waals surface area contributed by atoms with Gasteiger partial charge < -0.3 is 9.73 Å². The molecule has 0 aliphatic carbocycles. The molecule has 0 aliphatic rings. The molecule has 1 aromatic heterocycles. The van der Waals surface area contributed by atoms with Gasteiger partial charge in [-0.3, -0.25) is 5.32 Å². The molecule has 0 bridgehead atoms. The van der Waals surface area contributed by atoms with E-state index in [0.717, 1.165) is 12.1 Å². The predicted octanol–water partition coefficient (Wildman–Crippen LogP) is 3.49. The van der Waals surface area contributed by atoms with Gasteiger partial charge in [0.1, 0.15) is 0 Å². The Morgan fingerprint density at radius 1 is 1.18 bits per heavy atom. The molecule has 2 N–H and O–H groups in total. The van der Waals surface area contributed by atoms with Crippen LogP contribution in [0.15, 0.2) is 47.1 Å². The minimum atomic E-state index is -0.316. The molecule has 88 valence electrons. The van der Waals surface area contributed by atoms with E-state index in [1.165, 1.54) is 11.8 Å². The highest BCUT2D eigenvalue weighted by Gasteiger charge is 2.03. The van der Waals surface area contributed by atoms with Gasteiger partial charge in [-0.2, -0.15) is 0 Å². The van der Waals surface area contributed by atoms with Crippen LogP contribution < -0.4 is 10.6 Å². The molecule has 17 heavy (non-hydrogen) atoms. The largest absolute Gasteiger partial charge is 0.449 e. The maximum Gasteiger partial charge on any atom is 0.326 e. The fraction of sp³-hybridized carbons (Fsp3) is 0.154. The molecular weight excluding hydrogens is 216 g/mol. The lowest BCUT2D eigenvalue weighted by Crippen LogP contribution is -2.18. The quantitative estimate of drug-likeness (QED) is 0.848. The van der Waals surface area contributed by atoms with E-state index in [1.807, 2.05) is 24.3 Å². The van der Waals surface area contributed by atoms with Gasteiger partial charge in [0.15, 0.2) is 0 Å². The van der Waals surface area contributed by atoms with Crippen molar-refractivity contribution in [2.45, 2.75) is 13.3 Å². The number of aryl methyl sites for hydroxylation is 1. The maximum absolute atomic E-state index is 11.6. The number of amides is 2. The summed E-state index contributed by atoms with van der Waals surface area (Å²) in [5, 5.41) is 5.30. The highest BCUT2D eigenvalue weighted by molar-refractivity contribution is 5.98. The summed E-state index contributed by atoms with van der Waals surface area (Å²) < 4.78 is 5.01. The molecule has 0 radical (unpaired) electrons. The minimum absolute atomic E-state index is 0.316. The van der Waals surface area contributed by atoms with Crippen LogP contribution in [-0.2, 0) is 6.42 Å². The Morgan fingerprint density at radius 3 is 2.53 bits per heavy atom. The average molecular weight is 230 g/mol. The van der Waals surface area contributed by atoms with E-state index >= 15 is 0 Å². The monoisotopic (exact) mass is 230 g/mol. The molecule has 2 aromatic rings. The summed E-state index contributed by atoms with van der Waals surface area (Å²) in [4.78, 5) is 11.6. The summed E-state index contributed by atoms with van der Waals surface area (Å²) in [6.45, 7) is 2.09. The van der Waals surface area contributed by atoms with Crippen LogP contribution in [0.5, 0.6) is 0 Å². The molecule has 0 spiro atoms. The molecule has 1 aromatic carbocycles. The lowest BCUT2D eigenvalue weighted by atomic mass is 10.1. The van der Waals surface area contributed by atoms with E-state index in [0.29, 0.717) is 5.88 Å². The molecule has 2 amide bonds. The first-order chi connectivity index (χ1) is 8.28. The first-order valence-corrected chi connectivity index (χ1v) is 5.48. The summed E-state index contributed by atoms with van der Waals surface area (Å²) in [5.74, 6) is 0.424. The molecule has 2 rings (SSSR count). The first kappa shape index (κ1) is 11.3. The smallest absolute Gasteiger partial charge is 0.326 e. The van der Waals surface area contributed by atoms with Gasteiger partial charge in [-0.15, -0.1) is 0 Å². The first-order valence-electron chi connectivity index (χ1n) is 5.48. The second-order valence-electron chi connectivity index (χ2n) is 3.61. The van der Waals surface area contributed by atoms with Crippen molar-refractivity contribution >= 4 is 17.6 Å². The third-order valence-electron chi connectivity index (χ3n) is 2.38. The Hall–Kier alpha value is -2.23. The molecule has 4 nitrogen and oxygen atoms in total. The SMILES string of the molecule is CCc1ccc(NC(=O)Nc2ccco2)cc1. The Balaban J connectivity index is 1.93. The second kappa shape index (κ2) is 5.21. The van der Waals surface area contributed by atoms with Crippen LogP contribution in [0.2, 0.25) is 0 Å². The molecular formula is C13H14N2O2. The van der Waals surface area contributed by atoms with E-state index in [9.17, 15) is 4.79 Å². The molecule has 0 atom stereocenters. The summed E-state index contributed by atoms with van der Waals surface area (Å²) in [7, 11) is 0. The number of furan rings is 1. The Kier molecular flexibility index (Phi) is 3.45. The molecule has 1 heterocycles. The lowest BCUT2D eigenvalue weighted by Gasteiger charge is -2.06. The predicted molar refractivity (Wildman–Crippen MR) is 67.2 cm³/mol. The zero-order valence-corrected chi connectivity index (χ0v) is 9.57. The molecule has 0 saturated heterocycles. The number of anilines is 2. The van der Waals surface area contributed by atoms with Gasteiger partial charge in [-0.25, -0.2) is 4.79 Å². The van der Waals surface area contributed by atoms with Crippen molar-refractivity contribution in [3.8, 4) is 0 Å². The minimum Gasteiger partial charge on any atom is -0.449 e. The van der Waals surface area contributed by atoms with E-state index < -0.39 is 0 Å². The number of nitrogens with one attached hydrogen (secondary N) is 2. The van der Waals surface area contributed by atoms with Gasteiger partial charge in [0.2, 0.25) is 5.88 Å². The van der Waals surface area contributed by atoms with Crippen LogP contribution in [-0.4, -0.2) is 6.03 Å². The second-order valence-corrected chi connectivity index (χ2v) is 3.61. The summed E-state index contributed by atoms with van der Waals surface area (Å²) in [6.07, 6.45) is 2.49. The fourth-order valence-corrected chi connectivity index (χ4v) is 1.45. The van der Waals surface area contributed by atoms with Crippen LogP contribution in [0.25, 0.3) is 0 Å². The average Bonchev–Trinajstić information content (AvgIpc) is 2.82. The Labute approximate surface area is 99.6 Å². The van der Waals surface area contributed by atoms with Gasteiger partial charge >= 0.3 is 6.03 Å². The Bertz CT molecular complexity index is 475. The third kappa shape index (κ3) is 3.11. The maximum atomic E-state index is 11.6. The van der Waals surface area contributed by atoms with Crippen LogP contribution in [0.1, 0.15) is 12.5 Å². The number of benzene rings is 1. The van der Waals surface area contributed by atoms with Crippen LogP contribution >= 0.6 is 0 Å². The van der Waals surface area contributed by atoms with Crippen molar-refractivity contribution in [3.05, 3.63) is 48.2 Å². The van der Waals surface area contributed by atoms with Crippen molar-refractivity contribution in [2.24, 2.45) is 0 Å². The van der Waals surface area contributed by atoms with Crippen molar-refractivity contribution in [1.82, 2.24) is 0 Å². The highest BCUT2D eigenvalue weighted by Crippen LogP contribution is 2.11. The highest BCUT2D eigenvalue weighted by atomic mass is 16.3. The molecule has 0 saturated carbocycles. The van der Waals surface area contributed by atoms with Crippen molar-refractivity contribution in [2.75, 3.05) is 10.6 Å². The standard InChI is InChI=1S/C13H14N2O2/c1-2-10-5-7-11(8-6-10)14-13(16)15-12-4-3-9-17-12/h3-9H,2H2,1H3,(H2,14,15,16). The summed E-state index contributed by atoms with van der Waals surface area (Å²) in [6, 6.07) is 10.8. The number of hydrogen-bond donors (Lipinski definition) is 2. The van der Waals surface area contributed by atoms with Gasteiger partial charge in [-0.05, 0) is 30.2 Å². The number of carbonyl (C=O) groups excluding carboxylic acids is 1. The van der Waals surface area contributed by atoms with E-state index in [-0.39, 0.29) is 6.03 Å². The van der Waals surface area contributed by atoms with Gasteiger partial charge in [0.25, 0.3) is 0 Å². The summed E-state index contributed by atoms with van der Waals surface area (Å²) in [5.41, 5.74) is 1.99. The third-order valence-corrected chi connectivity index (χ3v) is 2.38. The molecule has 0 aliphatic heterocycles. The number of urea groups is 1. The fourth-order valence-electron chi connectivity index (χ4n) is 1.45. The van der Waals surface area contributed by atoms with Crippen molar-refractivity contribution in [1.29, 1.82) is 0 Å². The molecule has 0 unspecified atom stereocenters. The normalized spacial score (nSPS) is 9.94. The zero-order valence-electron chi connectivity index (χ0n) is 9.57. The summed E-state index contributed by atoms with van der Waals surface area (Å²) >= 11 is 0. The van der Waals surface area contributed by atoms with E-state index in [4.69, 9.17) is 4.42 Å². The number of hydrogen-bond acceptors (Lipinski definition) is 2. The van der Waals surface area contributed by atoms with Gasteiger partial charge in [0, 0.05) is 11.8 Å². The van der Waals surface area contributed by atoms with Gasteiger partial charge in [0.05, 0.1) is 6.26 Å². The van der Waals surface area contributed by atoms with Gasteiger partial charge in [-0.1, -0.05) is 19.1 Å². The van der Waals surface area contributed by atoms with Crippen molar-refractivity contribution in [3.63, 3.8) is 0 Å². The van der Waals surface area contributed by atoms with Crippen LogP contribution in [0.3, 0.4) is 0 Å². The topological polar surface area (TPSA) is 54.3 Å². The van der Waals surface area contributed by atoms with Crippen molar-refractivity contribution < 1.29 is 9.21 Å².